The first-order chi connectivity index (χ1) is 9.78. The van der Waals surface area contributed by atoms with Gasteiger partial charge in [-0.3, -0.25) is 0 Å². The Morgan fingerprint density at radius 2 is 1.90 bits per heavy atom. The molecule has 1 saturated carbocycles. The van der Waals surface area contributed by atoms with Crippen molar-refractivity contribution < 1.29 is 4.52 Å². The molecule has 0 spiro atoms. The number of rotatable bonds is 3. The summed E-state index contributed by atoms with van der Waals surface area (Å²) in [5, 5.41) is 4.95. The summed E-state index contributed by atoms with van der Waals surface area (Å²) in [6.07, 6.45) is 2.14. The quantitative estimate of drug-likeness (QED) is 0.799. The summed E-state index contributed by atoms with van der Waals surface area (Å²) in [7, 11) is 0. The zero-order chi connectivity index (χ0) is 13.6. The lowest BCUT2D eigenvalue weighted by Gasteiger charge is -2.09. The number of hydrogen-bond donors (Lipinski definition) is 1. The van der Waals surface area contributed by atoms with E-state index in [1.165, 1.54) is 16.9 Å². The molecule has 4 rings (SSSR count). The average molecular weight is 283 g/mol. The normalized spacial score (nSPS) is 16.2. The Bertz CT molecular complexity index is 743. The summed E-state index contributed by atoms with van der Waals surface area (Å²) < 4.78 is 5.41. The zero-order valence-corrected chi connectivity index (χ0v) is 11.6. The standard InChI is InChI=1S/C15H13N3OS/c16-12-7-6-11(20-12)13-17-14(18-19-13)15(8-9-15)10-4-2-1-3-5-10/h1-7H,8-9,16H2. The van der Waals surface area contributed by atoms with E-state index in [-0.39, 0.29) is 5.41 Å². The van der Waals surface area contributed by atoms with E-state index in [0.717, 1.165) is 28.5 Å². The topological polar surface area (TPSA) is 64.9 Å². The first kappa shape index (κ1) is 11.7. The number of nitrogens with two attached hydrogens (primary N) is 1. The molecular weight excluding hydrogens is 270 g/mol. The van der Waals surface area contributed by atoms with Gasteiger partial charge in [0, 0.05) is 0 Å². The Morgan fingerprint density at radius 1 is 1.10 bits per heavy atom. The Labute approximate surface area is 120 Å². The predicted octanol–water partition coefficient (Wildman–Crippen LogP) is 3.46. The van der Waals surface area contributed by atoms with E-state index in [9.17, 15) is 0 Å². The van der Waals surface area contributed by atoms with Crippen molar-refractivity contribution in [2.75, 3.05) is 5.73 Å². The first-order valence-electron chi connectivity index (χ1n) is 6.53. The molecule has 1 fully saturated rings. The monoisotopic (exact) mass is 283 g/mol. The fourth-order valence-corrected chi connectivity index (χ4v) is 3.21. The van der Waals surface area contributed by atoms with Crippen LogP contribution >= 0.6 is 11.3 Å². The van der Waals surface area contributed by atoms with E-state index in [1.807, 2.05) is 18.2 Å². The van der Waals surface area contributed by atoms with Crippen molar-refractivity contribution in [1.29, 1.82) is 0 Å². The van der Waals surface area contributed by atoms with Crippen molar-refractivity contribution in [2.45, 2.75) is 18.3 Å². The molecule has 2 N–H and O–H groups in total. The molecule has 0 radical (unpaired) electrons. The number of anilines is 1. The summed E-state index contributed by atoms with van der Waals surface area (Å²) in [6.45, 7) is 0. The van der Waals surface area contributed by atoms with E-state index in [4.69, 9.17) is 10.3 Å². The lowest BCUT2D eigenvalue weighted by atomic mass is 9.95. The van der Waals surface area contributed by atoms with Gasteiger partial charge in [0.1, 0.15) is 0 Å². The largest absolute Gasteiger partial charge is 0.391 e. The van der Waals surface area contributed by atoms with Gasteiger partial charge in [0.25, 0.3) is 5.89 Å². The molecule has 2 heterocycles. The summed E-state index contributed by atoms with van der Waals surface area (Å²) in [5.41, 5.74) is 6.95. The van der Waals surface area contributed by atoms with Crippen LogP contribution in [0.4, 0.5) is 5.00 Å². The molecule has 2 aromatic heterocycles. The van der Waals surface area contributed by atoms with Gasteiger partial charge in [-0.1, -0.05) is 35.5 Å². The highest BCUT2D eigenvalue weighted by atomic mass is 32.1. The van der Waals surface area contributed by atoms with E-state index in [0.29, 0.717) is 5.89 Å². The molecule has 1 aromatic carbocycles. The molecule has 0 saturated heterocycles. The minimum atomic E-state index is -0.0498. The second-order valence-electron chi connectivity index (χ2n) is 5.07. The van der Waals surface area contributed by atoms with Crippen LogP contribution in [0.3, 0.4) is 0 Å². The summed E-state index contributed by atoms with van der Waals surface area (Å²) >= 11 is 1.46. The highest BCUT2D eigenvalue weighted by molar-refractivity contribution is 7.19. The van der Waals surface area contributed by atoms with Gasteiger partial charge in [-0.25, -0.2) is 0 Å². The number of aromatic nitrogens is 2. The van der Waals surface area contributed by atoms with E-state index >= 15 is 0 Å². The van der Waals surface area contributed by atoms with Gasteiger partial charge in [-0.05, 0) is 30.5 Å². The summed E-state index contributed by atoms with van der Waals surface area (Å²) in [5.74, 6) is 1.34. The summed E-state index contributed by atoms with van der Waals surface area (Å²) in [4.78, 5) is 5.50. The Kier molecular flexibility index (Phi) is 2.44. The molecule has 1 aliphatic carbocycles. The van der Waals surface area contributed by atoms with Gasteiger partial charge < -0.3 is 10.3 Å². The first-order valence-corrected chi connectivity index (χ1v) is 7.35. The fraction of sp³-hybridized carbons (Fsp3) is 0.200. The van der Waals surface area contributed by atoms with Gasteiger partial charge >= 0.3 is 0 Å². The van der Waals surface area contributed by atoms with Crippen molar-refractivity contribution in [3.05, 3.63) is 53.9 Å². The van der Waals surface area contributed by atoms with Crippen LogP contribution < -0.4 is 5.73 Å². The number of nitrogens with zero attached hydrogens (tertiary/aromatic N) is 2. The molecule has 0 aliphatic heterocycles. The number of hydrogen-bond acceptors (Lipinski definition) is 5. The average Bonchev–Trinajstić information content (AvgIpc) is 2.93. The van der Waals surface area contributed by atoms with E-state index in [2.05, 4.69) is 34.4 Å². The summed E-state index contributed by atoms with van der Waals surface area (Å²) in [6, 6.07) is 14.2. The van der Waals surface area contributed by atoms with Gasteiger partial charge in [0.05, 0.1) is 15.3 Å². The maximum Gasteiger partial charge on any atom is 0.268 e. The molecule has 4 nitrogen and oxygen atoms in total. The van der Waals surface area contributed by atoms with Gasteiger partial charge in [0.2, 0.25) is 0 Å². The lowest BCUT2D eigenvalue weighted by molar-refractivity contribution is 0.418. The minimum absolute atomic E-state index is 0.0498. The second kappa shape index (κ2) is 4.18. The van der Waals surface area contributed by atoms with E-state index < -0.39 is 0 Å². The van der Waals surface area contributed by atoms with Crippen LogP contribution in [0.5, 0.6) is 0 Å². The Hall–Kier alpha value is -2.14. The minimum Gasteiger partial charge on any atom is -0.391 e. The second-order valence-corrected chi connectivity index (χ2v) is 6.19. The molecule has 1 aliphatic rings. The highest BCUT2D eigenvalue weighted by Crippen LogP contribution is 2.52. The van der Waals surface area contributed by atoms with Crippen LogP contribution in [-0.2, 0) is 5.41 Å². The van der Waals surface area contributed by atoms with Gasteiger partial charge in [-0.15, -0.1) is 11.3 Å². The Balaban J connectivity index is 1.72. The van der Waals surface area contributed by atoms with Crippen LogP contribution in [0.25, 0.3) is 10.8 Å². The number of thiophene rings is 1. The smallest absolute Gasteiger partial charge is 0.268 e. The predicted molar refractivity (Wildman–Crippen MR) is 78.5 cm³/mol. The van der Waals surface area contributed by atoms with Crippen LogP contribution in [0.1, 0.15) is 24.2 Å². The highest BCUT2D eigenvalue weighted by Gasteiger charge is 2.49. The number of nitrogen functional groups attached to an aromatic ring is 1. The van der Waals surface area contributed by atoms with Crippen molar-refractivity contribution in [1.82, 2.24) is 10.1 Å². The third kappa shape index (κ3) is 1.74. The molecule has 3 aromatic rings. The van der Waals surface area contributed by atoms with Gasteiger partial charge in [-0.2, -0.15) is 4.98 Å². The molecular formula is C15H13N3OS. The third-order valence-electron chi connectivity index (χ3n) is 3.77. The van der Waals surface area contributed by atoms with Crippen molar-refractivity contribution in [3.8, 4) is 10.8 Å². The van der Waals surface area contributed by atoms with Crippen LogP contribution in [0.2, 0.25) is 0 Å². The molecule has 0 bridgehead atoms. The van der Waals surface area contributed by atoms with E-state index in [1.54, 1.807) is 0 Å². The fourth-order valence-electron chi connectivity index (χ4n) is 2.51. The van der Waals surface area contributed by atoms with Crippen molar-refractivity contribution in [3.63, 3.8) is 0 Å². The van der Waals surface area contributed by atoms with Crippen molar-refractivity contribution in [2.24, 2.45) is 0 Å². The SMILES string of the molecule is Nc1ccc(-c2nc(C3(c4ccccc4)CC3)no2)s1. The lowest BCUT2D eigenvalue weighted by Crippen LogP contribution is -2.10. The van der Waals surface area contributed by atoms with Crippen LogP contribution in [-0.4, -0.2) is 10.1 Å². The molecule has 0 atom stereocenters. The molecule has 5 heteroatoms. The van der Waals surface area contributed by atoms with Crippen LogP contribution in [0.15, 0.2) is 47.0 Å². The van der Waals surface area contributed by atoms with Crippen molar-refractivity contribution >= 4 is 16.3 Å². The maximum absolute atomic E-state index is 5.74. The molecule has 0 amide bonds. The molecule has 20 heavy (non-hydrogen) atoms. The molecule has 0 unspecified atom stereocenters. The molecule has 100 valence electrons. The van der Waals surface area contributed by atoms with Gasteiger partial charge in [0.15, 0.2) is 5.82 Å². The third-order valence-corrected chi connectivity index (χ3v) is 4.67. The Morgan fingerprint density at radius 3 is 2.55 bits per heavy atom. The maximum atomic E-state index is 5.74. The number of benzene rings is 1. The van der Waals surface area contributed by atoms with Crippen LogP contribution in [0, 0.1) is 0 Å². The zero-order valence-electron chi connectivity index (χ0n) is 10.7.